The lowest BCUT2D eigenvalue weighted by Gasteiger charge is -2.29. The molecule has 0 radical (unpaired) electrons. The topological polar surface area (TPSA) is 70.2 Å². The van der Waals surface area contributed by atoms with Crippen LogP contribution in [0.3, 0.4) is 0 Å². The summed E-state index contributed by atoms with van der Waals surface area (Å²) in [6, 6.07) is 14.1. The van der Waals surface area contributed by atoms with Crippen molar-refractivity contribution in [2.45, 2.75) is 18.9 Å². The highest BCUT2D eigenvalue weighted by Crippen LogP contribution is 2.28. The van der Waals surface area contributed by atoms with Crippen LogP contribution < -0.4 is 10.6 Å². The number of piperidine rings is 1. The Balaban J connectivity index is 1.57. The van der Waals surface area contributed by atoms with Gasteiger partial charge in [-0.25, -0.2) is 9.97 Å². The number of nitrogens with zero attached hydrogens (tertiary/aromatic N) is 3. The lowest BCUT2D eigenvalue weighted by molar-refractivity contribution is 0.0911. The number of aromatic nitrogens is 2. The second kappa shape index (κ2) is 9.41. The summed E-state index contributed by atoms with van der Waals surface area (Å²) in [5, 5.41) is 8.67. The molecule has 30 heavy (non-hydrogen) atoms. The number of rotatable bonds is 6. The summed E-state index contributed by atoms with van der Waals surface area (Å²) in [6.45, 7) is 2.68. The van der Waals surface area contributed by atoms with Gasteiger partial charge in [-0.2, -0.15) is 0 Å². The fourth-order valence-corrected chi connectivity index (χ4v) is 3.88. The van der Waals surface area contributed by atoms with Crippen molar-refractivity contribution in [1.29, 1.82) is 0 Å². The summed E-state index contributed by atoms with van der Waals surface area (Å²) in [6.07, 6.45) is 3.57. The molecule has 0 atom stereocenters. The molecule has 1 fully saturated rings. The van der Waals surface area contributed by atoms with Crippen LogP contribution in [0, 0.1) is 0 Å². The molecule has 1 aromatic heterocycles. The van der Waals surface area contributed by atoms with Gasteiger partial charge in [0.25, 0.3) is 5.91 Å². The van der Waals surface area contributed by atoms with Crippen LogP contribution in [0.15, 0.2) is 48.7 Å². The number of benzene rings is 2. The van der Waals surface area contributed by atoms with E-state index in [0.29, 0.717) is 23.9 Å². The van der Waals surface area contributed by atoms with E-state index in [2.05, 4.69) is 44.7 Å². The number of nitrogens with one attached hydrogen (secondary N) is 2. The van der Waals surface area contributed by atoms with Gasteiger partial charge in [0.2, 0.25) is 0 Å². The summed E-state index contributed by atoms with van der Waals surface area (Å²) in [5.41, 5.74) is 2.29. The van der Waals surface area contributed by atoms with E-state index < -0.39 is 0 Å². The predicted molar refractivity (Wildman–Crippen MR) is 122 cm³/mol. The van der Waals surface area contributed by atoms with Crippen LogP contribution in [0.2, 0.25) is 0 Å². The van der Waals surface area contributed by atoms with Gasteiger partial charge in [-0.3, -0.25) is 4.79 Å². The molecule has 2 heterocycles. The van der Waals surface area contributed by atoms with E-state index in [4.69, 9.17) is 11.6 Å². The molecule has 0 bridgehead atoms. The third-order valence-corrected chi connectivity index (χ3v) is 5.68. The van der Waals surface area contributed by atoms with Gasteiger partial charge in [-0.15, -0.1) is 11.6 Å². The predicted octanol–water partition coefficient (Wildman–Crippen LogP) is 3.77. The molecule has 0 saturated carbocycles. The number of likely N-dealkylation sites (tertiary alicyclic amines) is 1. The first-order valence-corrected chi connectivity index (χ1v) is 10.8. The first-order valence-electron chi connectivity index (χ1n) is 10.3. The molecule has 1 amide bonds. The van der Waals surface area contributed by atoms with Crippen LogP contribution in [0.4, 0.5) is 5.69 Å². The molecule has 0 unspecified atom stereocenters. The molecule has 1 aliphatic heterocycles. The number of alkyl halides is 1. The lowest BCUT2D eigenvalue weighted by Crippen LogP contribution is -2.43. The Morgan fingerprint density at radius 1 is 1.20 bits per heavy atom. The number of anilines is 1. The minimum absolute atomic E-state index is 0.140. The zero-order valence-corrected chi connectivity index (χ0v) is 17.8. The van der Waals surface area contributed by atoms with E-state index in [1.54, 1.807) is 12.3 Å². The van der Waals surface area contributed by atoms with Crippen molar-refractivity contribution < 1.29 is 4.79 Å². The summed E-state index contributed by atoms with van der Waals surface area (Å²) < 4.78 is 0. The zero-order chi connectivity index (χ0) is 20.9. The second-order valence-corrected chi connectivity index (χ2v) is 8.05. The number of carbonyl (C=O) groups excluding carboxylic acids is 1. The molecule has 2 aromatic carbocycles. The van der Waals surface area contributed by atoms with Crippen molar-refractivity contribution in [2.75, 3.05) is 37.9 Å². The van der Waals surface area contributed by atoms with Crippen molar-refractivity contribution >= 4 is 34.0 Å². The molecule has 2 N–H and O–H groups in total. The number of amides is 1. The van der Waals surface area contributed by atoms with Gasteiger partial charge < -0.3 is 15.5 Å². The maximum atomic E-state index is 12.7. The molecular weight excluding hydrogens is 398 g/mol. The fourth-order valence-electron chi connectivity index (χ4n) is 3.78. The van der Waals surface area contributed by atoms with Gasteiger partial charge in [0.1, 0.15) is 5.69 Å². The standard InChI is InChI=1S/C23H26ClN5O/c1-29-13-8-18(9-14-29)27-23(30)21-7-11-26-22(28-21)17-6-5-16-3-2-4-20(19(16)15-17)25-12-10-24/h2-7,11,15,18,25H,8-10,12-14H2,1H3,(H,27,30). The molecule has 156 valence electrons. The van der Waals surface area contributed by atoms with Crippen molar-refractivity contribution in [1.82, 2.24) is 20.2 Å². The minimum atomic E-state index is -0.140. The van der Waals surface area contributed by atoms with Gasteiger partial charge >= 0.3 is 0 Å². The van der Waals surface area contributed by atoms with Crippen LogP contribution >= 0.6 is 11.6 Å². The average molecular weight is 424 g/mol. The van der Waals surface area contributed by atoms with E-state index in [1.807, 2.05) is 24.3 Å². The van der Waals surface area contributed by atoms with Gasteiger partial charge in [-0.05, 0) is 56.6 Å². The SMILES string of the molecule is CN1CCC(NC(=O)c2ccnc(-c3ccc4cccc(NCCCl)c4c3)n2)CC1. The van der Waals surface area contributed by atoms with Crippen LogP contribution in [0.25, 0.3) is 22.2 Å². The summed E-state index contributed by atoms with van der Waals surface area (Å²) >= 11 is 5.83. The Kier molecular flexibility index (Phi) is 6.45. The molecule has 0 aliphatic carbocycles. The molecule has 1 aliphatic rings. The zero-order valence-electron chi connectivity index (χ0n) is 17.1. The third kappa shape index (κ3) is 4.71. The highest BCUT2D eigenvalue weighted by Gasteiger charge is 2.20. The molecule has 3 aromatic rings. The number of carbonyl (C=O) groups is 1. The van der Waals surface area contributed by atoms with Gasteiger partial charge in [-0.1, -0.05) is 24.3 Å². The van der Waals surface area contributed by atoms with E-state index in [9.17, 15) is 4.79 Å². The Labute approximate surface area is 181 Å². The summed E-state index contributed by atoms with van der Waals surface area (Å²) in [7, 11) is 2.11. The smallest absolute Gasteiger partial charge is 0.270 e. The highest BCUT2D eigenvalue weighted by atomic mass is 35.5. The maximum Gasteiger partial charge on any atom is 0.270 e. The molecule has 1 saturated heterocycles. The van der Waals surface area contributed by atoms with Crippen molar-refractivity contribution in [3.63, 3.8) is 0 Å². The molecule has 7 heteroatoms. The average Bonchev–Trinajstić information content (AvgIpc) is 2.79. The largest absolute Gasteiger partial charge is 0.383 e. The Morgan fingerprint density at radius 3 is 2.83 bits per heavy atom. The van der Waals surface area contributed by atoms with E-state index >= 15 is 0 Å². The highest BCUT2D eigenvalue weighted by molar-refractivity contribution is 6.18. The third-order valence-electron chi connectivity index (χ3n) is 5.49. The van der Waals surface area contributed by atoms with Crippen molar-refractivity contribution in [2.24, 2.45) is 0 Å². The van der Waals surface area contributed by atoms with E-state index in [0.717, 1.165) is 48.0 Å². The molecule has 0 spiro atoms. The van der Waals surface area contributed by atoms with Crippen LogP contribution in [-0.2, 0) is 0 Å². The summed E-state index contributed by atoms with van der Waals surface area (Å²) in [4.78, 5) is 24.0. The Hall–Kier alpha value is -2.70. The van der Waals surface area contributed by atoms with Crippen molar-refractivity contribution in [3.05, 3.63) is 54.4 Å². The first-order chi connectivity index (χ1) is 14.6. The number of hydrogen-bond donors (Lipinski definition) is 2. The molecular formula is C23H26ClN5O. The quantitative estimate of drug-likeness (QED) is 0.590. The first kappa shape index (κ1) is 20.6. The summed E-state index contributed by atoms with van der Waals surface area (Å²) in [5.74, 6) is 0.937. The minimum Gasteiger partial charge on any atom is -0.383 e. The second-order valence-electron chi connectivity index (χ2n) is 7.67. The fraction of sp³-hybridized carbons (Fsp3) is 0.348. The number of fused-ring (bicyclic) bond motifs is 1. The Morgan fingerprint density at radius 2 is 2.03 bits per heavy atom. The van der Waals surface area contributed by atoms with Crippen LogP contribution in [0.5, 0.6) is 0 Å². The Bertz CT molecular complexity index is 1030. The normalized spacial score (nSPS) is 15.3. The maximum absolute atomic E-state index is 12.7. The molecule has 6 nitrogen and oxygen atoms in total. The van der Waals surface area contributed by atoms with Crippen LogP contribution in [0.1, 0.15) is 23.3 Å². The van der Waals surface area contributed by atoms with Gasteiger partial charge in [0.15, 0.2) is 5.82 Å². The molecule has 4 rings (SSSR count). The van der Waals surface area contributed by atoms with Gasteiger partial charge in [0.05, 0.1) is 0 Å². The number of hydrogen-bond acceptors (Lipinski definition) is 5. The monoisotopic (exact) mass is 423 g/mol. The van der Waals surface area contributed by atoms with E-state index in [1.165, 1.54) is 0 Å². The van der Waals surface area contributed by atoms with Gasteiger partial charge in [0, 0.05) is 41.3 Å². The van der Waals surface area contributed by atoms with E-state index in [-0.39, 0.29) is 11.9 Å². The van der Waals surface area contributed by atoms with Crippen molar-refractivity contribution in [3.8, 4) is 11.4 Å². The number of halogens is 1. The van der Waals surface area contributed by atoms with Crippen LogP contribution in [-0.4, -0.2) is 59.4 Å². The lowest BCUT2D eigenvalue weighted by atomic mass is 10.0.